The van der Waals surface area contributed by atoms with Crippen molar-refractivity contribution in [3.05, 3.63) is 76.2 Å². The van der Waals surface area contributed by atoms with Crippen molar-refractivity contribution in [1.29, 1.82) is 0 Å². The first-order chi connectivity index (χ1) is 17.5. The summed E-state index contributed by atoms with van der Waals surface area (Å²) in [6, 6.07) is 5.43. The van der Waals surface area contributed by atoms with Gasteiger partial charge in [0.1, 0.15) is 23.3 Å². The number of benzene rings is 1. The molecule has 0 aliphatic rings. The van der Waals surface area contributed by atoms with Crippen LogP contribution >= 0.6 is 0 Å². The highest BCUT2D eigenvalue weighted by molar-refractivity contribution is 5.91. The minimum Gasteiger partial charge on any atom is -0.492 e. The Morgan fingerprint density at radius 2 is 1.53 bits per heavy atom. The van der Waals surface area contributed by atoms with Crippen molar-refractivity contribution in [2.24, 2.45) is 0 Å². The maximum Gasteiger partial charge on any atom is 0.383 e. The van der Waals surface area contributed by atoms with Crippen LogP contribution in [0.1, 0.15) is 73.1 Å². The Morgan fingerprint density at radius 1 is 0.833 bits per heavy atom. The molecule has 0 unspecified atom stereocenters. The van der Waals surface area contributed by atoms with Gasteiger partial charge in [0.2, 0.25) is 5.75 Å². The lowest BCUT2D eigenvalue weighted by Gasteiger charge is -2.15. The van der Waals surface area contributed by atoms with Gasteiger partial charge < -0.3 is 18.6 Å². The molecule has 0 N–H and O–H groups in total. The first kappa shape index (κ1) is 29.0. The lowest BCUT2D eigenvalue weighted by atomic mass is 10.1. The van der Waals surface area contributed by atoms with Gasteiger partial charge in [-0.15, -0.1) is 0 Å². The molecule has 1 heterocycles. The largest absolute Gasteiger partial charge is 0.492 e. The molecule has 0 aliphatic heterocycles. The van der Waals surface area contributed by atoms with E-state index in [1.807, 2.05) is 18.2 Å². The summed E-state index contributed by atoms with van der Waals surface area (Å²) >= 11 is 0. The van der Waals surface area contributed by atoms with E-state index in [4.69, 9.17) is 18.6 Å². The molecule has 0 fully saturated rings. The second-order valence-corrected chi connectivity index (χ2v) is 8.89. The number of rotatable bonds is 16. The Kier molecular flexibility index (Phi) is 13.3. The predicted molar refractivity (Wildman–Crippen MR) is 149 cm³/mol. The molecular weight excluding hydrogens is 452 g/mol. The molecule has 196 valence electrons. The Labute approximate surface area is 216 Å². The first-order valence-corrected chi connectivity index (χ1v) is 13.0. The molecule has 2 rings (SSSR count). The predicted octanol–water partition coefficient (Wildman–Crippen LogP) is 8.33. The van der Waals surface area contributed by atoms with E-state index >= 15 is 0 Å². The molecule has 0 radical (unpaired) electrons. The number of fused-ring (bicyclic) bond motifs is 1. The summed E-state index contributed by atoms with van der Waals surface area (Å²) in [5.74, 6) is 1.07. The minimum atomic E-state index is -0.555. The van der Waals surface area contributed by atoms with Gasteiger partial charge in [0.25, 0.3) is 0 Å². The smallest absolute Gasteiger partial charge is 0.383 e. The van der Waals surface area contributed by atoms with Gasteiger partial charge in [-0.3, -0.25) is 0 Å². The molecule has 5 heteroatoms. The van der Waals surface area contributed by atoms with E-state index in [9.17, 15) is 4.79 Å². The van der Waals surface area contributed by atoms with Crippen molar-refractivity contribution in [3.63, 3.8) is 0 Å². The SMILES string of the molecule is CCC=CCCOc1cccc2oc(=O)c(OCC=C(C)CCC=C(C)C)c(OCCC=CCC)c12. The summed E-state index contributed by atoms with van der Waals surface area (Å²) in [4.78, 5) is 12.9. The van der Waals surface area contributed by atoms with Crippen LogP contribution in [0, 0.1) is 0 Å². The van der Waals surface area contributed by atoms with Crippen LogP contribution in [0.25, 0.3) is 11.0 Å². The second kappa shape index (κ2) is 16.5. The highest BCUT2D eigenvalue weighted by atomic mass is 16.5. The summed E-state index contributed by atoms with van der Waals surface area (Å²) in [5, 5.41) is 0.621. The zero-order valence-electron chi connectivity index (χ0n) is 22.6. The molecule has 2 aromatic rings. The van der Waals surface area contributed by atoms with E-state index in [1.54, 1.807) is 6.07 Å². The van der Waals surface area contributed by atoms with Crippen molar-refractivity contribution in [2.45, 2.75) is 73.1 Å². The van der Waals surface area contributed by atoms with Gasteiger partial charge >= 0.3 is 5.63 Å². The Balaban J connectivity index is 2.34. The number of hydrogen-bond acceptors (Lipinski definition) is 5. The Morgan fingerprint density at radius 3 is 2.19 bits per heavy atom. The molecule has 0 saturated carbocycles. The van der Waals surface area contributed by atoms with E-state index in [-0.39, 0.29) is 12.4 Å². The monoisotopic (exact) mass is 494 g/mol. The molecule has 0 amide bonds. The van der Waals surface area contributed by atoms with Gasteiger partial charge in [-0.25, -0.2) is 4.79 Å². The lowest BCUT2D eigenvalue weighted by molar-refractivity contribution is 0.277. The van der Waals surface area contributed by atoms with Gasteiger partial charge in [-0.05, 0) is 77.5 Å². The molecule has 36 heavy (non-hydrogen) atoms. The summed E-state index contributed by atoms with van der Waals surface area (Å²) < 4.78 is 23.8. The van der Waals surface area contributed by atoms with Crippen molar-refractivity contribution >= 4 is 11.0 Å². The second-order valence-electron chi connectivity index (χ2n) is 8.89. The van der Waals surface area contributed by atoms with E-state index in [1.165, 1.54) is 11.1 Å². The van der Waals surface area contributed by atoms with E-state index in [0.29, 0.717) is 35.7 Å². The van der Waals surface area contributed by atoms with Crippen LogP contribution in [0.5, 0.6) is 17.2 Å². The van der Waals surface area contributed by atoms with Gasteiger partial charge in [0, 0.05) is 0 Å². The van der Waals surface area contributed by atoms with Gasteiger partial charge in [0.05, 0.1) is 13.2 Å². The van der Waals surface area contributed by atoms with Crippen LogP contribution in [-0.4, -0.2) is 19.8 Å². The van der Waals surface area contributed by atoms with Crippen molar-refractivity contribution in [1.82, 2.24) is 0 Å². The summed E-state index contributed by atoms with van der Waals surface area (Å²) in [7, 11) is 0. The third-order valence-corrected chi connectivity index (χ3v) is 5.44. The highest BCUT2D eigenvalue weighted by Gasteiger charge is 2.21. The first-order valence-electron chi connectivity index (χ1n) is 13.0. The molecule has 0 spiro atoms. The number of hydrogen-bond donors (Lipinski definition) is 0. The van der Waals surface area contributed by atoms with Crippen LogP contribution in [0.15, 0.2) is 75.0 Å². The highest BCUT2D eigenvalue weighted by Crippen LogP contribution is 2.39. The fourth-order valence-corrected chi connectivity index (χ4v) is 3.55. The van der Waals surface area contributed by atoms with Gasteiger partial charge in [0.15, 0.2) is 5.75 Å². The molecule has 0 aliphatic carbocycles. The summed E-state index contributed by atoms with van der Waals surface area (Å²) in [5.41, 5.74) is 2.37. The lowest BCUT2D eigenvalue weighted by Crippen LogP contribution is -2.12. The normalized spacial score (nSPS) is 12.0. The zero-order valence-corrected chi connectivity index (χ0v) is 22.6. The Bertz CT molecular complexity index is 1110. The van der Waals surface area contributed by atoms with Gasteiger partial charge in [-0.1, -0.05) is 61.4 Å². The van der Waals surface area contributed by atoms with Crippen molar-refractivity contribution in [2.75, 3.05) is 19.8 Å². The van der Waals surface area contributed by atoms with E-state index in [2.05, 4.69) is 65.0 Å². The quantitative estimate of drug-likeness (QED) is 0.133. The van der Waals surface area contributed by atoms with E-state index < -0.39 is 5.63 Å². The zero-order chi connectivity index (χ0) is 26.2. The van der Waals surface area contributed by atoms with Gasteiger partial charge in [-0.2, -0.15) is 0 Å². The fraction of sp³-hybridized carbons (Fsp3) is 0.452. The van der Waals surface area contributed by atoms with Crippen molar-refractivity contribution < 1.29 is 18.6 Å². The molecule has 1 aromatic heterocycles. The molecule has 0 atom stereocenters. The topological polar surface area (TPSA) is 57.9 Å². The third-order valence-electron chi connectivity index (χ3n) is 5.44. The number of ether oxygens (including phenoxy) is 3. The molecule has 0 bridgehead atoms. The van der Waals surface area contributed by atoms with Crippen LogP contribution in [-0.2, 0) is 0 Å². The maximum absolute atomic E-state index is 12.9. The van der Waals surface area contributed by atoms with Crippen LogP contribution < -0.4 is 19.8 Å². The van der Waals surface area contributed by atoms with Crippen molar-refractivity contribution in [3.8, 4) is 17.2 Å². The molecular formula is C31H42O5. The summed E-state index contributed by atoms with van der Waals surface area (Å²) in [6.07, 6.45) is 18.0. The molecule has 0 saturated heterocycles. The molecule has 5 nitrogen and oxygen atoms in total. The fourth-order valence-electron chi connectivity index (χ4n) is 3.55. The van der Waals surface area contributed by atoms with Crippen LogP contribution in [0.4, 0.5) is 0 Å². The molecule has 1 aromatic carbocycles. The average molecular weight is 495 g/mol. The maximum atomic E-state index is 12.9. The van der Waals surface area contributed by atoms with E-state index in [0.717, 1.165) is 38.5 Å². The summed E-state index contributed by atoms with van der Waals surface area (Å²) in [6.45, 7) is 11.6. The number of allylic oxidation sites excluding steroid dienone is 5. The Hall–Kier alpha value is -3.21. The minimum absolute atomic E-state index is 0.0808. The standard InChI is InChI=1S/C31H42O5/c1-6-8-10-12-21-33-26-18-15-19-27-28(26)29(34-22-13-11-9-7-2)30(31(32)36-27)35-23-20-25(5)17-14-16-24(3)4/h8-11,15-16,18-20H,6-7,12-14,17,21-23H2,1-5H3. The van der Waals surface area contributed by atoms with Crippen LogP contribution in [0.3, 0.4) is 0 Å². The average Bonchev–Trinajstić information content (AvgIpc) is 2.84. The van der Waals surface area contributed by atoms with Crippen LogP contribution in [0.2, 0.25) is 0 Å². The third kappa shape index (κ3) is 9.80.